The summed E-state index contributed by atoms with van der Waals surface area (Å²) in [6.45, 7) is 2.26. The molecule has 5 nitrogen and oxygen atoms in total. The lowest BCUT2D eigenvalue weighted by atomic mass is 9.94. The smallest absolute Gasteiger partial charge is 0.236 e. The Labute approximate surface area is 153 Å². The number of nitrogens with zero attached hydrogens (tertiary/aromatic N) is 4. The van der Waals surface area contributed by atoms with Gasteiger partial charge in [-0.2, -0.15) is 0 Å². The zero-order valence-electron chi connectivity index (χ0n) is 14.7. The number of aromatic nitrogens is 2. The number of hydrogen-bond donors (Lipinski definition) is 0. The first-order valence-corrected chi connectivity index (χ1v) is 8.91. The lowest BCUT2D eigenvalue weighted by Gasteiger charge is -2.32. The first-order valence-electron chi connectivity index (χ1n) is 8.53. The van der Waals surface area contributed by atoms with E-state index in [4.69, 9.17) is 16.6 Å². The molecule has 1 aromatic carbocycles. The summed E-state index contributed by atoms with van der Waals surface area (Å²) in [6, 6.07) is 7.66. The van der Waals surface area contributed by atoms with Crippen molar-refractivity contribution in [3.05, 3.63) is 47.4 Å². The van der Waals surface area contributed by atoms with Gasteiger partial charge < -0.3 is 4.90 Å². The Morgan fingerprint density at radius 2 is 2.20 bits per heavy atom. The van der Waals surface area contributed by atoms with Gasteiger partial charge in [0.15, 0.2) is 0 Å². The normalized spacial score (nSPS) is 18.1. The van der Waals surface area contributed by atoms with Crippen LogP contribution in [-0.2, 0) is 4.79 Å². The highest BCUT2D eigenvalue weighted by atomic mass is 35.5. The molecule has 1 aliphatic rings. The van der Waals surface area contributed by atoms with Gasteiger partial charge in [0.1, 0.15) is 0 Å². The van der Waals surface area contributed by atoms with Gasteiger partial charge in [0.25, 0.3) is 0 Å². The Hall–Kier alpha value is -1.98. The average molecular weight is 359 g/mol. The Balaban J connectivity index is 1.75. The minimum Gasteiger partial charge on any atom is -0.348 e. The topological polar surface area (TPSA) is 49.3 Å². The van der Waals surface area contributed by atoms with Gasteiger partial charge in [-0.15, -0.1) is 0 Å². The van der Waals surface area contributed by atoms with Crippen LogP contribution in [0.1, 0.15) is 24.5 Å². The monoisotopic (exact) mass is 358 g/mol. The maximum absolute atomic E-state index is 12.0. The largest absolute Gasteiger partial charge is 0.348 e. The maximum Gasteiger partial charge on any atom is 0.236 e. The molecule has 0 N–H and O–H groups in total. The first kappa shape index (κ1) is 17.8. The predicted octanol–water partition coefficient (Wildman–Crippen LogP) is 3.06. The van der Waals surface area contributed by atoms with E-state index in [0.29, 0.717) is 17.5 Å². The van der Waals surface area contributed by atoms with Crippen LogP contribution in [0.5, 0.6) is 0 Å². The molecule has 2 aromatic rings. The Bertz CT molecular complexity index is 750. The average Bonchev–Trinajstić information content (AvgIpc) is 2.62. The van der Waals surface area contributed by atoms with E-state index in [1.807, 2.05) is 30.5 Å². The Kier molecular flexibility index (Phi) is 5.66. The number of rotatable bonds is 4. The molecule has 3 rings (SSSR count). The van der Waals surface area contributed by atoms with Crippen LogP contribution in [0.3, 0.4) is 0 Å². The lowest BCUT2D eigenvalue weighted by molar-refractivity contribution is -0.130. The first-order chi connectivity index (χ1) is 12.0. The summed E-state index contributed by atoms with van der Waals surface area (Å²) in [7, 11) is 3.59. The molecule has 0 unspecified atom stereocenters. The minimum absolute atomic E-state index is 0.138. The standard InChI is InChI=1S/C19H23ClN4O/c1-23(2)19(25)13-24-8-4-6-15(12-24)18-11-21-10-17(22-18)14-5-3-7-16(20)9-14/h3,5,7,9-11,15H,4,6,8,12-13H2,1-2H3/t15-/m0/s1. The summed E-state index contributed by atoms with van der Waals surface area (Å²) < 4.78 is 0. The van der Waals surface area contributed by atoms with E-state index in [9.17, 15) is 4.79 Å². The molecule has 1 aliphatic heterocycles. The summed E-state index contributed by atoms with van der Waals surface area (Å²) in [5, 5.41) is 0.691. The highest BCUT2D eigenvalue weighted by Crippen LogP contribution is 2.27. The van der Waals surface area contributed by atoms with Crippen molar-refractivity contribution in [2.75, 3.05) is 33.7 Å². The summed E-state index contributed by atoms with van der Waals surface area (Å²) in [6.07, 6.45) is 5.75. The fraction of sp³-hybridized carbons (Fsp3) is 0.421. The quantitative estimate of drug-likeness (QED) is 0.842. The summed E-state index contributed by atoms with van der Waals surface area (Å²) >= 11 is 6.09. The molecule has 0 radical (unpaired) electrons. The predicted molar refractivity (Wildman–Crippen MR) is 99.6 cm³/mol. The highest BCUT2D eigenvalue weighted by Gasteiger charge is 2.24. The van der Waals surface area contributed by atoms with Crippen LogP contribution in [0.25, 0.3) is 11.3 Å². The number of halogens is 1. The third-order valence-corrected chi connectivity index (χ3v) is 4.79. The maximum atomic E-state index is 12.0. The van der Waals surface area contributed by atoms with Crippen molar-refractivity contribution < 1.29 is 4.79 Å². The number of benzene rings is 1. The fourth-order valence-electron chi connectivity index (χ4n) is 3.14. The molecule has 1 saturated heterocycles. The van der Waals surface area contributed by atoms with Crippen molar-refractivity contribution in [2.45, 2.75) is 18.8 Å². The second-order valence-electron chi connectivity index (χ2n) is 6.70. The van der Waals surface area contributed by atoms with Crippen molar-refractivity contribution >= 4 is 17.5 Å². The molecule has 25 heavy (non-hydrogen) atoms. The lowest BCUT2D eigenvalue weighted by Crippen LogP contribution is -2.41. The molecule has 132 valence electrons. The zero-order chi connectivity index (χ0) is 17.8. The highest BCUT2D eigenvalue weighted by molar-refractivity contribution is 6.30. The number of carbonyl (C=O) groups excluding carboxylic acids is 1. The van der Waals surface area contributed by atoms with Gasteiger partial charge in [-0.05, 0) is 31.5 Å². The van der Waals surface area contributed by atoms with Crippen molar-refractivity contribution in [1.82, 2.24) is 19.8 Å². The molecule has 6 heteroatoms. The number of likely N-dealkylation sites (N-methyl/N-ethyl adjacent to an activating group) is 1. The van der Waals surface area contributed by atoms with Gasteiger partial charge in [0, 0.05) is 43.3 Å². The molecule has 1 fully saturated rings. The van der Waals surface area contributed by atoms with Gasteiger partial charge in [0.05, 0.1) is 24.1 Å². The third-order valence-electron chi connectivity index (χ3n) is 4.56. The van der Waals surface area contributed by atoms with Gasteiger partial charge in [0.2, 0.25) is 5.91 Å². The molecule has 2 heterocycles. The van der Waals surface area contributed by atoms with Crippen LogP contribution in [0.4, 0.5) is 0 Å². The van der Waals surface area contributed by atoms with Crippen LogP contribution in [0.2, 0.25) is 5.02 Å². The Morgan fingerprint density at radius 3 is 2.96 bits per heavy atom. The molecule has 0 aliphatic carbocycles. The van der Waals surface area contributed by atoms with Crippen LogP contribution >= 0.6 is 11.6 Å². The van der Waals surface area contributed by atoms with E-state index in [0.717, 1.165) is 42.9 Å². The van der Waals surface area contributed by atoms with Crippen LogP contribution in [-0.4, -0.2) is 59.4 Å². The van der Waals surface area contributed by atoms with E-state index in [2.05, 4.69) is 9.88 Å². The van der Waals surface area contributed by atoms with Gasteiger partial charge in [-0.1, -0.05) is 23.7 Å². The van der Waals surface area contributed by atoms with Crippen molar-refractivity contribution in [3.8, 4) is 11.3 Å². The van der Waals surface area contributed by atoms with Gasteiger partial charge in [-0.3, -0.25) is 14.7 Å². The Morgan fingerprint density at radius 1 is 1.36 bits per heavy atom. The van der Waals surface area contributed by atoms with Crippen LogP contribution in [0, 0.1) is 0 Å². The van der Waals surface area contributed by atoms with Crippen molar-refractivity contribution in [3.63, 3.8) is 0 Å². The molecule has 0 bridgehead atoms. The number of hydrogen-bond acceptors (Lipinski definition) is 4. The zero-order valence-corrected chi connectivity index (χ0v) is 15.4. The minimum atomic E-state index is 0.138. The molecule has 1 aromatic heterocycles. The van der Waals surface area contributed by atoms with E-state index in [-0.39, 0.29) is 5.91 Å². The van der Waals surface area contributed by atoms with Crippen molar-refractivity contribution in [1.29, 1.82) is 0 Å². The van der Waals surface area contributed by atoms with E-state index in [1.54, 1.807) is 25.2 Å². The molecule has 1 atom stereocenters. The number of piperidine rings is 1. The second-order valence-corrected chi connectivity index (χ2v) is 7.14. The van der Waals surface area contributed by atoms with Gasteiger partial charge >= 0.3 is 0 Å². The van der Waals surface area contributed by atoms with Crippen molar-refractivity contribution in [2.24, 2.45) is 0 Å². The number of likely N-dealkylation sites (tertiary alicyclic amines) is 1. The number of carbonyl (C=O) groups is 1. The second kappa shape index (κ2) is 7.93. The van der Waals surface area contributed by atoms with Crippen LogP contribution in [0.15, 0.2) is 36.7 Å². The molecule has 0 spiro atoms. The van der Waals surface area contributed by atoms with Crippen LogP contribution < -0.4 is 0 Å². The SMILES string of the molecule is CN(C)C(=O)CN1CCC[C@H](c2cncc(-c3cccc(Cl)c3)n2)C1. The number of amides is 1. The van der Waals surface area contributed by atoms with E-state index >= 15 is 0 Å². The summed E-state index contributed by atoms with van der Waals surface area (Å²) in [5.74, 6) is 0.440. The van der Waals surface area contributed by atoms with E-state index < -0.39 is 0 Å². The molecular formula is C19H23ClN4O. The summed E-state index contributed by atoms with van der Waals surface area (Å²) in [5.41, 5.74) is 2.79. The molecule has 0 saturated carbocycles. The summed E-state index contributed by atoms with van der Waals surface area (Å²) in [4.78, 5) is 25.0. The third kappa shape index (κ3) is 4.55. The molecule has 1 amide bonds. The van der Waals surface area contributed by atoms with Gasteiger partial charge in [-0.25, -0.2) is 4.98 Å². The van der Waals surface area contributed by atoms with E-state index in [1.165, 1.54) is 0 Å². The fourth-order valence-corrected chi connectivity index (χ4v) is 3.33. The molecular weight excluding hydrogens is 336 g/mol.